The number of nitrogens with one attached hydrogen (secondary N) is 1. The van der Waals surface area contributed by atoms with E-state index in [1.165, 1.54) is 5.56 Å². The number of hydrogen-bond donors (Lipinski definition) is 1. The Morgan fingerprint density at radius 1 is 1.15 bits per heavy atom. The van der Waals surface area contributed by atoms with Crippen LogP contribution in [0.15, 0.2) is 48.5 Å². The Morgan fingerprint density at radius 3 is 2.67 bits per heavy atom. The average molecular weight is 363 g/mol. The van der Waals surface area contributed by atoms with E-state index in [1.807, 2.05) is 45.0 Å². The highest BCUT2D eigenvalue weighted by Crippen LogP contribution is 2.33. The number of H-pyrrole nitrogens is 1. The van der Waals surface area contributed by atoms with Crippen LogP contribution in [0.3, 0.4) is 0 Å². The molecule has 1 aliphatic rings. The van der Waals surface area contributed by atoms with E-state index in [0.29, 0.717) is 6.54 Å². The summed E-state index contributed by atoms with van der Waals surface area (Å²) in [6, 6.07) is 16.5. The first-order valence-corrected chi connectivity index (χ1v) is 9.45. The second kappa shape index (κ2) is 6.72. The lowest BCUT2D eigenvalue weighted by Crippen LogP contribution is -2.36. The van der Waals surface area contributed by atoms with Crippen LogP contribution in [0.1, 0.15) is 45.5 Å². The van der Waals surface area contributed by atoms with Gasteiger partial charge in [0.05, 0.1) is 17.1 Å². The highest BCUT2D eigenvalue weighted by Gasteiger charge is 2.34. The molecule has 0 aliphatic carbocycles. The zero-order valence-corrected chi connectivity index (χ0v) is 16.0. The Hall–Kier alpha value is -2.82. The molecular weight excluding hydrogens is 338 g/mol. The Bertz CT molecular complexity index is 957. The second-order valence-electron chi connectivity index (χ2n) is 8.05. The Balaban J connectivity index is 1.62. The molecule has 0 bridgehead atoms. The van der Waals surface area contributed by atoms with Crippen molar-refractivity contribution in [3.63, 3.8) is 0 Å². The minimum absolute atomic E-state index is 0.0626. The lowest BCUT2D eigenvalue weighted by molar-refractivity contribution is 0.0219. The summed E-state index contributed by atoms with van der Waals surface area (Å²) in [7, 11) is 0. The topological polar surface area (TPSA) is 58.2 Å². The summed E-state index contributed by atoms with van der Waals surface area (Å²) >= 11 is 0. The van der Waals surface area contributed by atoms with E-state index in [-0.39, 0.29) is 12.1 Å². The molecule has 0 radical (unpaired) electrons. The molecule has 1 amide bonds. The predicted octanol–water partition coefficient (Wildman–Crippen LogP) is 5.30. The SMILES string of the molecule is CC(C)(C)OC(=O)N1CCC[C@H]1c1nc2ccc(-c3ccccc3)cc2[nH]1. The van der Waals surface area contributed by atoms with Gasteiger partial charge >= 0.3 is 6.09 Å². The van der Waals surface area contributed by atoms with Crippen LogP contribution in [0.25, 0.3) is 22.2 Å². The van der Waals surface area contributed by atoms with Gasteiger partial charge in [0.15, 0.2) is 0 Å². The van der Waals surface area contributed by atoms with Crippen LogP contribution in [0, 0.1) is 0 Å². The molecular formula is C22H25N3O2. The van der Waals surface area contributed by atoms with Crippen LogP contribution in [0.5, 0.6) is 0 Å². The van der Waals surface area contributed by atoms with E-state index in [1.54, 1.807) is 4.90 Å². The van der Waals surface area contributed by atoms with Gasteiger partial charge in [-0.05, 0) is 56.9 Å². The zero-order chi connectivity index (χ0) is 19.0. The van der Waals surface area contributed by atoms with Gasteiger partial charge in [0.1, 0.15) is 11.4 Å². The number of amides is 1. The number of aromatic nitrogens is 2. The molecule has 2 heterocycles. The minimum Gasteiger partial charge on any atom is -0.444 e. The maximum absolute atomic E-state index is 12.6. The molecule has 5 heteroatoms. The largest absolute Gasteiger partial charge is 0.444 e. The van der Waals surface area contributed by atoms with Crippen molar-refractivity contribution in [2.24, 2.45) is 0 Å². The number of ether oxygens (including phenoxy) is 1. The number of carbonyl (C=O) groups excluding carboxylic acids is 1. The summed E-state index contributed by atoms with van der Waals surface area (Å²) in [5.41, 5.74) is 3.73. The van der Waals surface area contributed by atoms with Crippen molar-refractivity contribution in [2.75, 3.05) is 6.54 Å². The van der Waals surface area contributed by atoms with Crippen molar-refractivity contribution in [1.29, 1.82) is 0 Å². The molecule has 2 aromatic carbocycles. The van der Waals surface area contributed by atoms with E-state index in [0.717, 1.165) is 35.3 Å². The first kappa shape index (κ1) is 17.6. The summed E-state index contributed by atoms with van der Waals surface area (Å²) in [5.74, 6) is 0.832. The van der Waals surface area contributed by atoms with Crippen LogP contribution in [-0.2, 0) is 4.74 Å². The quantitative estimate of drug-likeness (QED) is 0.672. The lowest BCUT2D eigenvalue weighted by Gasteiger charge is -2.27. The first-order valence-electron chi connectivity index (χ1n) is 9.45. The molecule has 5 nitrogen and oxygen atoms in total. The Labute approximate surface area is 159 Å². The summed E-state index contributed by atoms with van der Waals surface area (Å²) in [6.45, 7) is 6.37. The maximum atomic E-state index is 12.6. The Kier molecular flexibility index (Phi) is 4.38. The molecule has 1 atom stereocenters. The van der Waals surface area contributed by atoms with Crippen molar-refractivity contribution in [1.82, 2.24) is 14.9 Å². The fraction of sp³-hybridized carbons (Fsp3) is 0.364. The molecule has 1 aromatic heterocycles. The molecule has 140 valence electrons. The van der Waals surface area contributed by atoms with Crippen molar-refractivity contribution in [2.45, 2.75) is 45.3 Å². The highest BCUT2D eigenvalue weighted by molar-refractivity contribution is 5.82. The van der Waals surface area contributed by atoms with E-state index in [2.05, 4.69) is 29.2 Å². The normalized spacial score (nSPS) is 17.4. The molecule has 1 N–H and O–H groups in total. The van der Waals surface area contributed by atoms with Gasteiger partial charge in [-0.2, -0.15) is 0 Å². The van der Waals surface area contributed by atoms with Gasteiger partial charge in [-0.15, -0.1) is 0 Å². The summed E-state index contributed by atoms with van der Waals surface area (Å²) in [4.78, 5) is 22.5. The van der Waals surface area contributed by atoms with Crippen LogP contribution in [-0.4, -0.2) is 33.1 Å². The number of hydrogen-bond acceptors (Lipinski definition) is 3. The van der Waals surface area contributed by atoms with Crippen LogP contribution >= 0.6 is 0 Å². The minimum atomic E-state index is -0.497. The van der Waals surface area contributed by atoms with Gasteiger partial charge in [-0.1, -0.05) is 36.4 Å². The third-order valence-corrected chi connectivity index (χ3v) is 4.80. The zero-order valence-electron chi connectivity index (χ0n) is 16.0. The van der Waals surface area contributed by atoms with Gasteiger partial charge in [-0.25, -0.2) is 9.78 Å². The molecule has 1 saturated heterocycles. The first-order chi connectivity index (χ1) is 12.9. The number of imidazole rings is 1. The van der Waals surface area contributed by atoms with Gasteiger partial charge in [-0.3, -0.25) is 4.90 Å². The van der Waals surface area contributed by atoms with Gasteiger partial charge in [0, 0.05) is 6.54 Å². The molecule has 1 aliphatic heterocycles. The second-order valence-corrected chi connectivity index (χ2v) is 8.05. The number of likely N-dealkylation sites (tertiary alicyclic amines) is 1. The van der Waals surface area contributed by atoms with E-state index < -0.39 is 5.60 Å². The number of benzene rings is 2. The number of aromatic amines is 1. The van der Waals surface area contributed by atoms with Gasteiger partial charge in [0.25, 0.3) is 0 Å². The average Bonchev–Trinajstić information content (AvgIpc) is 3.27. The fourth-order valence-electron chi connectivity index (χ4n) is 3.59. The molecule has 4 rings (SSSR count). The smallest absolute Gasteiger partial charge is 0.410 e. The van der Waals surface area contributed by atoms with E-state index in [9.17, 15) is 4.79 Å². The maximum Gasteiger partial charge on any atom is 0.410 e. The van der Waals surface area contributed by atoms with Crippen LogP contribution in [0.2, 0.25) is 0 Å². The standard InChI is InChI=1S/C22H25N3O2/c1-22(2,3)27-21(26)25-13-7-10-19(25)20-23-17-12-11-16(14-18(17)24-20)15-8-5-4-6-9-15/h4-6,8-9,11-12,14,19H,7,10,13H2,1-3H3,(H,23,24)/t19-/m0/s1. The van der Waals surface area contributed by atoms with E-state index >= 15 is 0 Å². The summed E-state index contributed by atoms with van der Waals surface area (Å²) < 4.78 is 5.57. The highest BCUT2D eigenvalue weighted by atomic mass is 16.6. The number of nitrogens with zero attached hydrogens (tertiary/aromatic N) is 2. The lowest BCUT2D eigenvalue weighted by atomic mass is 10.1. The van der Waals surface area contributed by atoms with Crippen LogP contribution < -0.4 is 0 Å². The van der Waals surface area contributed by atoms with E-state index in [4.69, 9.17) is 9.72 Å². The summed E-state index contributed by atoms with van der Waals surface area (Å²) in [5, 5.41) is 0. The van der Waals surface area contributed by atoms with Crippen molar-refractivity contribution in [3.05, 3.63) is 54.4 Å². The van der Waals surface area contributed by atoms with Crippen molar-refractivity contribution < 1.29 is 9.53 Å². The molecule has 0 unspecified atom stereocenters. The number of fused-ring (bicyclic) bond motifs is 1. The Morgan fingerprint density at radius 2 is 1.93 bits per heavy atom. The summed E-state index contributed by atoms with van der Waals surface area (Å²) in [6.07, 6.45) is 1.58. The molecule has 27 heavy (non-hydrogen) atoms. The molecule has 3 aromatic rings. The molecule has 1 fully saturated rings. The number of carbonyl (C=O) groups is 1. The molecule has 0 spiro atoms. The van der Waals surface area contributed by atoms with Gasteiger partial charge in [0.2, 0.25) is 0 Å². The van der Waals surface area contributed by atoms with Crippen molar-refractivity contribution in [3.8, 4) is 11.1 Å². The molecule has 0 saturated carbocycles. The monoisotopic (exact) mass is 363 g/mol. The van der Waals surface area contributed by atoms with Crippen LogP contribution in [0.4, 0.5) is 4.79 Å². The third kappa shape index (κ3) is 3.68. The predicted molar refractivity (Wildman–Crippen MR) is 106 cm³/mol. The number of rotatable bonds is 2. The van der Waals surface area contributed by atoms with Gasteiger partial charge < -0.3 is 9.72 Å². The van der Waals surface area contributed by atoms with Crippen molar-refractivity contribution >= 4 is 17.1 Å². The third-order valence-electron chi connectivity index (χ3n) is 4.80. The fourth-order valence-corrected chi connectivity index (χ4v) is 3.59.